The predicted octanol–water partition coefficient (Wildman–Crippen LogP) is 4.06. The molecule has 1 aromatic heterocycles. The fourth-order valence-electron chi connectivity index (χ4n) is 1.97. The van der Waals surface area contributed by atoms with Crippen LogP contribution in [-0.2, 0) is 17.8 Å². The van der Waals surface area contributed by atoms with Crippen molar-refractivity contribution in [3.63, 3.8) is 0 Å². The van der Waals surface area contributed by atoms with Crippen LogP contribution < -0.4 is 0 Å². The number of thiophene rings is 1. The van der Waals surface area contributed by atoms with E-state index in [9.17, 15) is 4.79 Å². The lowest BCUT2D eigenvalue weighted by Crippen LogP contribution is -2.26. The van der Waals surface area contributed by atoms with Gasteiger partial charge in [-0.2, -0.15) is 11.3 Å². The van der Waals surface area contributed by atoms with Gasteiger partial charge in [-0.15, -0.1) is 11.8 Å². The fraction of sp³-hybridized carbons (Fsp3) is 0.312. The summed E-state index contributed by atoms with van der Waals surface area (Å²) >= 11 is 3.41. The molecule has 0 radical (unpaired) electrons. The van der Waals surface area contributed by atoms with Crippen molar-refractivity contribution in [2.24, 2.45) is 0 Å². The van der Waals surface area contributed by atoms with Crippen LogP contribution in [0.4, 0.5) is 0 Å². The zero-order chi connectivity index (χ0) is 14.4. The standard InChI is InChI=1S/C16H19NOS2/c1-17(11-13-3-6-15(19-2)7-4-13)16(18)8-5-14-9-10-20-12-14/h3-4,6-7,9-10,12H,5,8,11H2,1-2H3. The topological polar surface area (TPSA) is 20.3 Å². The molecule has 0 unspecified atom stereocenters. The third-order valence-electron chi connectivity index (χ3n) is 3.21. The van der Waals surface area contributed by atoms with Crippen LogP contribution in [0.2, 0.25) is 0 Å². The quantitative estimate of drug-likeness (QED) is 0.750. The Balaban J connectivity index is 1.83. The lowest BCUT2D eigenvalue weighted by molar-refractivity contribution is -0.130. The van der Waals surface area contributed by atoms with E-state index < -0.39 is 0 Å². The van der Waals surface area contributed by atoms with Gasteiger partial charge in [0, 0.05) is 24.9 Å². The highest BCUT2D eigenvalue weighted by atomic mass is 32.2. The molecule has 4 heteroatoms. The number of amides is 1. The molecule has 0 N–H and O–H groups in total. The number of carbonyl (C=O) groups excluding carboxylic acids is 1. The molecule has 2 aromatic rings. The van der Waals surface area contributed by atoms with Crippen molar-refractivity contribution in [1.29, 1.82) is 0 Å². The maximum atomic E-state index is 12.1. The van der Waals surface area contributed by atoms with Crippen LogP contribution in [0.1, 0.15) is 17.5 Å². The zero-order valence-electron chi connectivity index (χ0n) is 11.8. The van der Waals surface area contributed by atoms with Crippen LogP contribution in [-0.4, -0.2) is 24.1 Å². The molecule has 0 aliphatic rings. The Morgan fingerprint density at radius 1 is 1.20 bits per heavy atom. The SMILES string of the molecule is CSc1ccc(CN(C)C(=O)CCc2ccsc2)cc1. The van der Waals surface area contributed by atoms with Crippen molar-refractivity contribution in [3.8, 4) is 0 Å². The summed E-state index contributed by atoms with van der Waals surface area (Å²) in [4.78, 5) is 15.1. The van der Waals surface area contributed by atoms with Gasteiger partial charge in [0.15, 0.2) is 0 Å². The lowest BCUT2D eigenvalue weighted by Gasteiger charge is -2.17. The minimum absolute atomic E-state index is 0.199. The first kappa shape index (κ1) is 15.1. The van der Waals surface area contributed by atoms with Crippen molar-refractivity contribution < 1.29 is 4.79 Å². The fourth-order valence-corrected chi connectivity index (χ4v) is 3.08. The van der Waals surface area contributed by atoms with Gasteiger partial charge in [-0.05, 0) is 52.8 Å². The van der Waals surface area contributed by atoms with E-state index in [1.54, 1.807) is 28.0 Å². The van der Waals surface area contributed by atoms with Gasteiger partial charge < -0.3 is 4.90 Å². The molecule has 2 nitrogen and oxygen atoms in total. The Kier molecular flexibility index (Phi) is 5.68. The maximum absolute atomic E-state index is 12.1. The first-order valence-corrected chi connectivity index (χ1v) is 8.74. The lowest BCUT2D eigenvalue weighted by atomic mass is 10.1. The zero-order valence-corrected chi connectivity index (χ0v) is 13.5. The summed E-state index contributed by atoms with van der Waals surface area (Å²) in [6.45, 7) is 0.678. The summed E-state index contributed by atoms with van der Waals surface area (Å²) in [6.07, 6.45) is 3.48. The number of rotatable bonds is 6. The Morgan fingerprint density at radius 2 is 1.95 bits per heavy atom. The van der Waals surface area contributed by atoms with E-state index in [2.05, 4.69) is 47.3 Å². The van der Waals surface area contributed by atoms with Gasteiger partial charge in [-0.1, -0.05) is 12.1 Å². The minimum Gasteiger partial charge on any atom is -0.341 e. The molecular weight excluding hydrogens is 286 g/mol. The molecule has 1 heterocycles. The van der Waals surface area contributed by atoms with Crippen LogP contribution in [0, 0.1) is 0 Å². The highest BCUT2D eigenvalue weighted by Gasteiger charge is 2.09. The molecule has 0 spiro atoms. The third kappa shape index (κ3) is 4.39. The number of hydrogen-bond acceptors (Lipinski definition) is 3. The molecule has 2 rings (SSSR count). The van der Waals surface area contributed by atoms with Crippen LogP contribution in [0.15, 0.2) is 46.0 Å². The molecule has 0 saturated carbocycles. The summed E-state index contributed by atoms with van der Waals surface area (Å²) in [5, 5.41) is 4.16. The maximum Gasteiger partial charge on any atom is 0.222 e. The van der Waals surface area contributed by atoms with E-state index in [0.717, 1.165) is 6.42 Å². The van der Waals surface area contributed by atoms with Crippen molar-refractivity contribution in [3.05, 3.63) is 52.2 Å². The highest BCUT2D eigenvalue weighted by molar-refractivity contribution is 7.98. The van der Waals surface area contributed by atoms with Gasteiger partial charge >= 0.3 is 0 Å². The molecule has 1 aromatic carbocycles. The summed E-state index contributed by atoms with van der Waals surface area (Å²) in [5.74, 6) is 0.199. The second kappa shape index (κ2) is 7.50. The van der Waals surface area contributed by atoms with E-state index >= 15 is 0 Å². The Bertz CT molecular complexity index is 534. The highest BCUT2D eigenvalue weighted by Crippen LogP contribution is 2.16. The molecule has 106 valence electrons. The molecule has 0 atom stereocenters. The number of carbonyl (C=O) groups is 1. The number of benzene rings is 1. The van der Waals surface area contributed by atoms with Crippen LogP contribution >= 0.6 is 23.1 Å². The average molecular weight is 305 g/mol. The number of aryl methyl sites for hydroxylation is 1. The molecule has 0 aliphatic heterocycles. The van der Waals surface area contributed by atoms with E-state index in [4.69, 9.17) is 0 Å². The molecule has 0 saturated heterocycles. The molecule has 0 fully saturated rings. The second-order valence-electron chi connectivity index (χ2n) is 4.73. The van der Waals surface area contributed by atoms with Crippen LogP contribution in [0.5, 0.6) is 0 Å². The van der Waals surface area contributed by atoms with Crippen LogP contribution in [0.3, 0.4) is 0 Å². The smallest absolute Gasteiger partial charge is 0.222 e. The van der Waals surface area contributed by atoms with Crippen molar-refractivity contribution in [1.82, 2.24) is 4.90 Å². The first-order valence-electron chi connectivity index (χ1n) is 6.57. The van der Waals surface area contributed by atoms with E-state index in [0.29, 0.717) is 13.0 Å². The Labute approximate surface area is 128 Å². The number of thioether (sulfide) groups is 1. The molecule has 0 aliphatic carbocycles. The average Bonchev–Trinajstić information content (AvgIpc) is 2.98. The summed E-state index contributed by atoms with van der Waals surface area (Å²) in [7, 11) is 1.87. The predicted molar refractivity (Wildman–Crippen MR) is 87.3 cm³/mol. The van der Waals surface area contributed by atoms with Crippen LogP contribution in [0.25, 0.3) is 0 Å². The van der Waals surface area contributed by atoms with Gasteiger partial charge in [0.05, 0.1) is 0 Å². The molecule has 1 amide bonds. The molecule has 20 heavy (non-hydrogen) atoms. The molecule has 0 bridgehead atoms. The van der Waals surface area contributed by atoms with Crippen molar-refractivity contribution in [2.75, 3.05) is 13.3 Å². The second-order valence-corrected chi connectivity index (χ2v) is 6.39. The largest absolute Gasteiger partial charge is 0.341 e. The van der Waals surface area contributed by atoms with Crippen molar-refractivity contribution in [2.45, 2.75) is 24.3 Å². The Morgan fingerprint density at radius 3 is 2.55 bits per heavy atom. The van der Waals surface area contributed by atoms with Gasteiger partial charge in [-0.25, -0.2) is 0 Å². The summed E-state index contributed by atoms with van der Waals surface area (Å²) in [6, 6.07) is 10.5. The van der Waals surface area contributed by atoms with E-state index in [1.807, 2.05) is 7.05 Å². The summed E-state index contributed by atoms with van der Waals surface area (Å²) < 4.78 is 0. The van der Waals surface area contributed by atoms with Gasteiger partial charge in [0.2, 0.25) is 5.91 Å². The van der Waals surface area contributed by atoms with E-state index in [-0.39, 0.29) is 5.91 Å². The Hall–Kier alpha value is -1.26. The third-order valence-corrected chi connectivity index (χ3v) is 4.69. The molecular formula is C16H19NOS2. The first-order chi connectivity index (χ1) is 9.69. The minimum atomic E-state index is 0.199. The number of hydrogen-bond donors (Lipinski definition) is 0. The summed E-state index contributed by atoms with van der Waals surface area (Å²) in [5.41, 5.74) is 2.43. The van der Waals surface area contributed by atoms with Gasteiger partial charge in [0.25, 0.3) is 0 Å². The normalized spacial score (nSPS) is 10.5. The van der Waals surface area contributed by atoms with Gasteiger partial charge in [-0.3, -0.25) is 4.79 Å². The van der Waals surface area contributed by atoms with Crippen molar-refractivity contribution >= 4 is 29.0 Å². The number of nitrogens with zero attached hydrogens (tertiary/aromatic N) is 1. The van der Waals surface area contributed by atoms with E-state index in [1.165, 1.54) is 16.0 Å². The van der Waals surface area contributed by atoms with Gasteiger partial charge in [0.1, 0.15) is 0 Å². The monoisotopic (exact) mass is 305 g/mol.